The van der Waals surface area contributed by atoms with Gasteiger partial charge < -0.3 is 4.52 Å². The van der Waals surface area contributed by atoms with Gasteiger partial charge in [0.05, 0.1) is 6.42 Å². The van der Waals surface area contributed by atoms with Crippen LogP contribution in [0.2, 0.25) is 0 Å². The number of hydrogen-bond donors (Lipinski definition) is 0. The predicted molar refractivity (Wildman–Crippen MR) is 58.1 cm³/mol. The molecule has 0 aromatic heterocycles. The monoisotopic (exact) mass is 230 g/mol. The van der Waals surface area contributed by atoms with Crippen LogP contribution in [0.3, 0.4) is 0 Å². The average molecular weight is 230 g/mol. The van der Waals surface area contributed by atoms with Gasteiger partial charge in [-0.25, -0.2) is 4.57 Å². The van der Waals surface area contributed by atoms with Crippen molar-refractivity contribution >= 4 is 73.8 Å². The molecule has 0 aliphatic heterocycles. The average Bonchev–Trinajstić information content (AvgIpc) is 2.06. The fourth-order valence-electron chi connectivity index (χ4n) is 0.836. The summed E-state index contributed by atoms with van der Waals surface area (Å²) in [7, 11) is -0.590. The topological polar surface area (TPSA) is 43.4 Å². The molecule has 0 aliphatic carbocycles. The fraction of sp³-hybridized carbons (Fsp3) is 0.125. The molecule has 14 heavy (non-hydrogen) atoms. The summed E-state index contributed by atoms with van der Waals surface area (Å²) < 4.78 is 14.1. The quantitative estimate of drug-likeness (QED) is 0.566. The minimum absolute atomic E-state index is 0. The van der Waals surface area contributed by atoms with Crippen LogP contribution in [0.15, 0.2) is 30.3 Å². The van der Waals surface area contributed by atoms with Crippen LogP contribution >= 0.6 is 8.69 Å². The van der Waals surface area contributed by atoms with Crippen molar-refractivity contribution in [1.29, 1.82) is 0 Å². The van der Waals surface area contributed by atoms with E-state index < -0.39 is 14.7 Å². The molecule has 1 rings (SSSR count). The Bertz CT molecular complexity index is 279. The third-order valence-electron chi connectivity index (χ3n) is 1.33. The Balaban J connectivity index is 0. The molecule has 0 bridgehead atoms. The Morgan fingerprint density at radius 3 is 2.29 bits per heavy atom. The molecule has 0 radical (unpaired) electrons. The number of carbonyl (C=O) groups is 1. The van der Waals surface area contributed by atoms with E-state index in [0.29, 0.717) is 0 Å². The first-order valence-electron chi connectivity index (χ1n) is 3.39. The van der Waals surface area contributed by atoms with Crippen LogP contribution in [0.1, 0.15) is 5.56 Å². The van der Waals surface area contributed by atoms with Crippen molar-refractivity contribution in [2.24, 2.45) is 0 Å². The van der Waals surface area contributed by atoms with Crippen LogP contribution in [0.25, 0.3) is 0 Å². The van der Waals surface area contributed by atoms with Crippen LogP contribution < -0.4 is 0 Å². The third kappa shape index (κ3) is 7.13. The van der Waals surface area contributed by atoms with Gasteiger partial charge in [0.2, 0.25) is 0 Å². The molecule has 0 atom stereocenters. The van der Waals surface area contributed by atoms with Gasteiger partial charge in [0.15, 0.2) is 0 Å². The normalized spacial score (nSPS) is 8.29. The van der Waals surface area contributed by atoms with Crippen molar-refractivity contribution in [3.63, 3.8) is 0 Å². The van der Waals surface area contributed by atoms with Gasteiger partial charge in [0.25, 0.3) is 0 Å². The standard InChI is InChI=1S/C8H7O3P.2Na.2H/c9-8(11-12-10)6-7-4-2-1-3-5-7;;;;/h1-5H,6H2;;;;. The molecule has 1 aromatic carbocycles. The zero-order valence-electron chi connectivity index (χ0n) is 6.27. The van der Waals surface area contributed by atoms with Gasteiger partial charge in [-0.05, 0) is 5.56 Å². The van der Waals surface area contributed by atoms with Crippen molar-refractivity contribution in [2.45, 2.75) is 6.42 Å². The summed E-state index contributed by atoms with van der Waals surface area (Å²) >= 11 is 0. The van der Waals surface area contributed by atoms with E-state index in [9.17, 15) is 9.36 Å². The van der Waals surface area contributed by atoms with Crippen molar-refractivity contribution in [3.05, 3.63) is 35.9 Å². The second-order valence-electron chi connectivity index (χ2n) is 2.20. The van der Waals surface area contributed by atoms with E-state index in [0.717, 1.165) is 5.56 Å². The van der Waals surface area contributed by atoms with Crippen LogP contribution in [-0.2, 0) is 20.3 Å². The number of benzene rings is 1. The van der Waals surface area contributed by atoms with Crippen molar-refractivity contribution in [3.8, 4) is 0 Å². The van der Waals surface area contributed by atoms with E-state index >= 15 is 0 Å². The summed E-state index contributed by atoms with van der Waals surface area (Å²) in [5.41, 5.74) is 0.853. The first kappa shape index (κ1) is 17.2. The van der Waals surface area contributed by atoms with Gasteiger partial charge in [0.1, 0.15) is 0 Å². The van der Waals surface area contributed by atoms with Crippen molar-refractivity contribution in [1.82, 2.24) is 0 Å². The summed E-state index contributed by atoms with van der Waals surface area (Å²) in [5, 5.41) is 0. The predicted octanol–water partition coefficient (Wildman–Crippen LogP) is 0.682. The third-order valence-corrected chi connectivity index (χ3v) is 1.61. The molecule has 0 spiro atoms. The molecule has 6 heteroatoms. The summed E-state index contributed by atoms with van der Waals surface area (Å²) in [6.07, 6.45) is 0.163. The van der Waals surface area contributed by atoms with E-state index in [2.05, 4.69) is 4.52 Å². The van der Waals surface area contributed by atoms with Crippen molar-refractivity contribution < 1.29 is 13.9 Å². The SMILES string of the molecule is O=POC(=O)Cc1ccccc1.[NaH].[NaH]. The maximum atomic E-state index is 10.8. The number of rotatable bonds is 3. The van der Waals surface area contributed by atoms with E-state index in [-0.39, 0.29) is 65.5 Å². The Hall–Kier alpha value is 0.790. The van der Waals surface area contributed by atoms with Gasteiger partial charge in [-0.1, -0.05) is 30.3 Å². The van der Waals surface area contributed by atoms with E-state index in [1.165, 1.54) is 0 Å². The zero-order chi connectivity index (χ0) is 8.81. The molecule has 0 fully saturated rings. The molecule has 0 unspecified atom stereocenters. The van der Waals surface area contributed by atoms with E-state index in [1.807, 2.05) is 30.3 Å². The zero-order valence-corrected chi connectivity index (χ0v) is 7.16. The molecule has 1 aromatic rings. The van der Waals surface area contributed by atoms with Crippen LogP contribution in [0.4, 0.5) is 0 Å². The number of hydrogen-bond acceptors (Lipinski definition) is 3. The van der Waals surface area contributed by atoms with Crippen LogP contribution in [-0.4, -0.2) is 65.1 Å². The molecule has 0 N–H and O–H groups in total. The Labute approximate surface area is 128 Å². The molecule has 0 aliphatic rings. The fourth-order valence-corrected chi connectivity index (χ4v) is 0.984. The van der Waals surface area contributed by atoms with Gasteiger partial charge in [-0.2, -0.15) is 0 Å². The van der Waals surface area contributed by atoms with Gasteiger partial charge in [-0.3, -0.25) is 4.79 Å². The van der Waals surface area contributed by atoms with Gasteiger partial charge in [-0.15, -0.1) is 0 Å². The molecule has 0 amide bonds. The maximum absolute atomic E-state index is 10.8. The van der Waals surface area contributed by atoms with Gasteiger partial charge >= 0.3 is 73.8 Å². The Morgan fingerprint density at radius 1 is 1.21 bits per heavy atom. The second kappa shape index (κ2) is 10.3. The molecule has 3 nitrogen and oxygen atoms in total. The summed E-state index contributed by atoms with van der Waals surface area (Å²) in [6, 6.07) is 9.14. The Morgan fingerprint density at radius 2 is 1.79 bits per heavy atom. The summed E-state index contributed by atoms with van der Waals surface area (Å²) in [4.78, 5) is 10.8. The first-order chi connectivity index (χ1) is 5.83. The number of carbonyl (C=O) groups excluding carboxylic acids is 1. The van der Waals surface area contributed by atoms with Gasteiger partial charge in [0, 0.05) is 0 Å². The molecule has 0 saturated carbocycles. The molecular weight excluding hydrogens is 221 g/mol. The summed E-state index contributed by atoms with van der Waals surface area (Å²) in [6.45, 7) is 0. The summed E-state index contributed by atoms with van der Waals surface area (Å²) in [5.74, 6) is -0.488. The molecular formula is C8H9Na2O3P. The Kier molecular flexibility index (Phi) is 12.7. The van der Waals surface area contributed by atoms with Crippen LogP contribution in [0.5, 0.6) is 0 Å². The van der Waals surface area contributed by atoms with Crippen LogP contribution in [0, 0.1) is 0 Å². The molecule has 0 saturated heterocycles. The minimum atomic E-state index is -0.590. The first-order valence-corrected chi connectivity index (χ1v) is 4.12. The van der Waals surface area contributed by atoms with Crippen molar-refractivity contribution in [2.75, 3.05) is 0 Å². The molecule has 66 valence electrons. The molecule has 0 heterocycles. The van der Waals surface area contributed by atoms with E-state index in [4.69, 9.17) is 0 Å². The van der Waals surface area contributed by atoms with E-state index in [1.54, 1.807) is 0 Å². The second-order valence-corrected chi connectivity index (χ2v) is 2.53.